The average molecular weight is 916 g/mol. The van der Waals surface area contributed by atoms with Gasteiger partial charge in [-0.3, -0.25) is 14.4 Å². The first-order valence-electron chi connectivity index (χ1n) is 21.8. The van der Waals surface area contributed by atoms with Gasteiger partial charge in [-0.1, -0.05) is 41.5 Å². The summed E-state index contributed by atoms with van der Waals surface area (Å²) in [6.45, 7) is 15.6. The molecule has 354 valence electrons. The highest BCUT2D eigenvalue weighted by Crippen LogP contribution is 2.53. The topological polar surface area (TPSA) is 222 Å². The second-order valence-electron chi connectivity index (χ2n) is 18.5. The molecule has 0 unspecified atom stereocenters. The van der Waals surface area contributed by atoms with E-state index in [2.05, 4.69) is 16.0 Å². The van der Waals surface area contributed by atoms with Gasteiger partial charge in [-0.15, -0.1) is 0 Å². The molecule has 0 spiro atoms. The van der Waals surface area contributed by atoms with Crippen LogP contribution in [-0.4, -0.2) is 92.4 Å². The molecule has 3 aliphatic rings. The number of methoxy groups -OCH3 is 3. The second kappa shape index (κ2) is 17.6. The third-order valence-electron chi connectivity index (χ3n) is 11.8. The highest BCUT2D eigenvalue weighted by molar-refractivity contribution is 6.27. The van der Waals surface area contributed by atoms with Crippen molar-refractivity contribution >= 4 is 67.9 Å². The van der Waals surface area contributed by atoms with Gasteiger partial charge in [-0.25, -0.2) is 14.4 Å². The van der Waals surface area contributed by atoms with Crippen molar-refractivity contribution in [1.82, 2.24) is 16.0 Å². The van der Waals surface area contributed by atoms with Crippen molar-refractivity contribution < 1.29 is 71.4 Å². The van der Waals surface area contributed by atoms with E-state index in [1.54, 1.807) is 98.7 Å². The first kappa shape index (κ1) is 47.2. The van der Waals surface area contributed by atoms with Crippen molar-refractivity contribution in [3.05, 3.63) is 36.4 Å². The van der Waals surface area contributed by atoms with Crippen LogP contribution in [0.2, 0.25) is 0 Å². The Morgan fingerprint density at radius 3 is 0.742 bits per heavy atom. The van der Waals surface area contributed by atoms with Crippen molar-refractivity contribution in [2.45, 2.75) is 117 Å². The van der Waals surface area contributed by atoms with Gasteiger partial charge < -0.3 is 58.6 Å². The zero-order chi connectivity index (χ0) is 48.2. The van der Waals surface area contributed by atoms with Gasteiger partial charge in [0.15, 0.2) is 34.5 Å². The first-order valence-corrected chi connectivity index (χ1v) is 21.8. The quantitative estimate of drug-likeness (QED) is 0.0738. The molecule has 4 aromatic carbocycles. The summed E-state index contributed by atoms with van der Waals surface area (Å²) in [5, 5.41) is 12.4. The van der Waals surface area contributed by atoms with Gasteiger partial charge in [0.25, 0.3) is 17.4 Å². The van der Waals surface area contributed by atoms with Crippen LogP contribution >= 0.6 is 0 Å². The van der Waals surface area contributed by atoms with Crippen LogP contribution in [0, 0.1) is 17.8 Å². The standard InChI is InChI=1S/C48H57N3O15/c1-22(2)40(43(55)58-10)49-37(52)19-46(7)61-31-13-25-26(14-32(31)62-46)28-16-34-36(66-48(9,64-34)21-39(54)51-42(24(5)6)45(57)60-12)18-30(28)29-17-35-33(15-27(25)29)63-47(8,65-35)20-38(53)50-41(23(3)4)44(56)59-11/h13-18,22-24,40-42H,19-21H2,1-12H3,(H,49,52)(H,50,53)(H,51,54)/t40-,41-,42-,46?,47?,48?/m0/s1. The molecule has 0 saturated heterocycles. The SMILES string of the molecule is COC(=O)[C@@H](NC(=O)CC1(C)Oc2cc3c4cc5c(cc4c4cc6c(cc4c3cc2O1)OC(C)(CC(=O)N[C@H](C(=O)OC)C(C)C)O6)OC(C)(CC(=O)N[C@H](C(=O)OC)C(C)C)O5)C(C)C. The molecule has 7 rings (SSSR count). The molecule has 0 aromatic heterocycles. The molecular formula is C48H57N3O15. The largest absolute Gasteiger partial charge is 0.467 e. The highest BCUT2D eigenvalue weighted by Gasteiger charge is 2.44. The summed E-state index contributed by atoms with van der Waals surface area (Å²) in [4.78, 5) is 77.4. The number of amides is 3. The van der Waals surface area contributed by atoms with Gasteiger partial charge in [0.2, 0.25) is 17.7 Å². The van der Waals surface area contributed by atoms with Gasteiger partial charge in [0, 0.05) is 20.8 Å². The normalized spacial score (nSPS) is 21.5. The summed E-state index contributed by atoms with van der Waals surface area (Å²) in [6.07, 6.45) is -0.778. The fraction of sp³-hybridized carbons (Fsp3) is 0.500. The molecule has 0 aliphatic carbocycles. The van der Waals surface area contributed by atoms with E-state index in [4.69, 9.17) is 42.6 Å². The summed E-state index contributed by atoms with van der Waals surface area (Å²) in [5.41, 5.74) is 0. The maximum Gasteiger partial charge on any atom is 0.328 e. The minimum Gasteiger partial charge on any atom is -0.467 e. The Morgan fingerprint density at radius 2 is 0.591 bits per heavy atom. The number of rotatable bonds is 15. The Labute approximate surface area is 381 Å². The minimum atomic E-state index is -1.46. The number of hydrogen-bond acceptors (Lipinski definition) is 15. The number of esters is 3. The number of carbonyl (C=O) groups excluding carboxylic acids is 6. The van der Waals surface area contributed by atoms with Gasteiger partial charge in [-0.05, 0) is 86.5 Å². The first-order chi connectivity index (χ1) is 31.0. The van der Waals surface area contributed by atoms with E-state index >= 15 is 0 Å². The average Bonchev–Trinajstić information content (AvgIpc) is 3.87. The van der Waals surface area contributed by atoms with E-state index in [0.717, 1.165) is 0 Å². The molecule has 3 aliphatic heterocycles. The van der Waals surface area contributed by atoms with Gasteiger partial charge in [0.05, 0.1) is 21.3 Å². The molecule has 0 saturated carbocycles. The summed E-state index contributed by atoms with van der Waals surface area (Å²) >= 11 is 0. The predicted octanol–water partition coefficient (Wildman–Crippen LogP) is 5.72. The van der Waals surface area contributed by atoms with Crippen LogP contribution in [0.25, 0.3) is 32.3 Å². The van der Waals surface area contributed by atoms with E-state index in [-0.39, 0.29) is 37.0 Å². The third-order valence-corrected chi connectivity index (χ3v) is 11.8. The van der Waals surface area contributed by atoms with E-state index in [0.29, 0.717) is 66.8 Å². The van der Waals surface area contributed by atoms with Gasteiger partial charge >= 0.3 is 17.9 Å². The molecule has 4 aromatic rings. The van der Waals surface area contributed by atoms with E-state index in [9.17, 15) is 28.8 Å². The van der Waals surface area contributed by atoms with Crippen molar-refractivity contribution in [2.75, 3.05) is 21.3 Å². The number of ether oxygens (including phenoxy) is 9. The van der Waals surface area contributed by atoms with Crippen LogP contribution in [-0.2, 0) is 43.0 Å². The van der Waals surface area contributed by atoms with Crippen molar-refractivity contribution in [3.8, 4) is 34.5 Å². The number of nitrogens with one attached hydrogen (secondary N) is 3. The molecular weight excluding hydrogens is 859 g/mol. The van der Waals surface area contributed by atoms with Crippen molar-refractivity contribution in [2.24, 2.45) is 17.8 Å². The van der Waals surface area contributed by atoms with Crippen LogP contribution in [0.15, 0.2) is 36.4 Å². The van der Waals surface area contributed by atoms with E-state index in [1.165, 1.54) is 21.3 Å². The van der Waals surface area contributed by atoms with Crippen LogP contribution < -0.4 is 44.4 Å². The Morgan fingerprint density at radius 1 is 0.409 bits per heavy atom. The van der Waals surface area contributed by atoms with Crippen molar-refractivity contribution in [1.29, 1.82) is 0 Å². The lowest BCUT2D eigenvalue weighted by atomic mass is 9.93. The molecule has 0 fully saturated rings. The fourth-order valence-corrected chi connectivity index (χ4v) is 8.59. The molecule has 3 atom stereocenters. The summed E-state index contributed by atoms with van der Waals surface area (Å²) in [5.74, 6) is -6.19. The number of fused-ring (bicyclic) bond motifs is 9. The zero-order valence-corrected chi connectivity index (χ0v) is 39.2. The Bertz CT molecular complexity index is 2240. The minimum absolute atomic E-state index is 0.243. The Balaban J connectivity index is 1.27. The maximum absolute atomic E-state index is 13.4. The summed E-state index contributed by atoms with van der Waals surface area (Å²) in [7, 11) is 3.77. The number of hydrogen-bond donors (Lipinski definition) is 3. The predicted molar refractivity (Wildman–Crippen MR) is 238 cm³/mol. The Kier molecular flexibility index (Phi) is 12.6. The number of carbonyl (C=O) groups is 6. The van der Waals surface area contributed by atoms with Gasteiger partial charge in [0.1, 0.15) is 37.4 Å². The molecule has 3 heterocycles. The highest BCUT2D eigenvalue weighted by atomic mass is 16.7. The third kappa shape index (κ3) is 9.22. The van der Waals surface area contributed by atoms with Crippen LogP contribution in [0.4, 0.5) is 0 Å². The maximum atomic E-state index is 13.4. The summed E-state index contributed by atoms with van der Waals surface area (Å²) < 4.78 is 52.9. The lowest BCUT2D eigenvalue weighted by Crippen LogP contribution is -2.48. The van der Waals surface area contributed by atoms with Gasteiger partial charge in [-0.2, -0.15) is 0 Å². The lowest BCUT2D eigenvalue weighted by molar-refractivity contribution is -0.148. The molecule has 0 radical (unpaired) electrons. The smallest absolute Gasteiger partial charge is 0.328 e. The van der Waals surface area contributed by atoms with E-state index < -0.39 is 71.1 Å². The fourth-order valence-electron chi connectivity index (χ4n) is 8.59. The molecule has 0 bridgehead atoms. The molecule has 18 heteroatoms. The van der Waals surface area contributed by atoms with Crippen LogP contribution in [0.1, 0.15) is 81.6 Å². The summed E-state index contributed by atoms with van der Waals surface area (Å²) in [6, 6.07) is 8.20. The molecule has 66 heavy (non-hydrogen) atoms. The zero-order valence-electron chi connectivity index (χ0n) is 39.2. The molecule has 3 amide bonds. The van der Waals surface area contributed by atoms with Crippen molar-refractivity contribution in [3.63, 3.8) is 0 Å². The number of benzene rings is 4. The lowest BCUT2D eigenvalue weighted by Gasteiger charge is -2.25. The van der Waals surface area contributed by atoms with Crippen LogP contribution in [0.3, 0.4) is 0 Å². The van der Waals surface area contributed by atoms with E-state index in [1.807, 2.05) is 0 Å². The molecule has 3 N–H and O–H groups in total. The molecule has 18 nitrogen and oxygen atoms in total. The second-order valence-corrected chi connectivity index (χ2v) is 18.5. The Hall–Kier alpha value is -6.72. The van der Waals surface area contributed by atoms with Crippen LogP contribution in [0.5, 0.6) is 34.5 Å². The monoisotopic (exact) mass is 915 g/mol.